The second kappa shape index (κ2) is 8.89. The van der Waals surface area contributed by atoms with Crippen LogP contribution in [-0.2, 0) is 14.3 Å². The van der Waals surface area contributed by atoms with Crippen LogP contribution in [0.3, 0.4) is 0 Å². The van der Waals surface area contributed by atoms with E-state index in [0.717, 1.165) is 5.57 Å². The highest BCUT2D eigenvalue weighted by Crippen LogP contribution is 2.20. The van der Waals surface area contributed by atoms with Crippen LogP contribution in [0.15, 0.2) is 24.3 Å². The fourth-order valence-electron chi connectivity index (χ4n) is 1.61. The molecule has 0 aromatic heterocycles. The molecule has 0 aliphatic carbocycles. The van der Waals surface area contributed by atoms with Crippen molar-refractivity contribution < 1.29 is 19.4 Å². The quantitative estimate of drug-likeness (QED) is 0.411. The number of esters is 1. The third kappa shape index (κ3) is 5.47. The molecule has 0 saturated heterocycles. The van der Waals surface area contributed by atoms with E-state index in [1.54, 1.807) is 26.8 Å². The van der Waals surface area contributed by atoms with Gasteiger partial charge >= 0.3 is 5.97 Å². The van der Waals surface area contributed by atoms with Crippen LogP contribution in [0.1, 0.15) is 27.7 Å². The van der Waals surface area contributed by atoms with E-state index < -0.39 is 18.2 Å². The lowest BCUT2D eigenvalue weighted by Crippen LogP contribution is -2.33. The normalized spacial score (nSPS) is 16.8. The molecule has 18 heavy (non-hydrogen) atoms. The molecule has 0 radical (unpaired) electrons. The van der Waals surface area contributed by atoms with Crippen molar-refractivity contribution in [3.8, 4) is 0 Å². The summed E-state index contributed by atoms with van der Waals surface area (Å²) in [5.74, 6) is -1.13. The average Bonchev–Trinajstić information content (AvgIpc) is 2.29. The second-order valence-electron chi connectivity index (χ2n) is 4.08. The van der Waals surface area contributed by atoms with Crippen LogP contribution in [0.2, 0.25) is 0 Å². The van der Waals surface area contributed by atoms with Crippen molar-refractivity contribution in [3.63, 3.8) is 0 Å². The summed E-state index contributed by atoms with van der Waals surface area (Å²) in [7, 11) is 0. The number of aliphatic hydroxyl groups is 1. The Morgan fingerprint density at radius 2 is 2.00 bits per heavy atom. The number of rotatable bonds is 8. The summed E-state index contributed by atoms with van der Waals surface area (Å²) >= 11 is 0. The van der Waals surface area contributed by atoms with Gasteiger partial charge < -0.3 is 14.6 Å². The predicted molar refractivity (Wildman–Crippen MR) is 70.9 cm³/mol. The van der Waals surface area contributed by atoms with E-state index in [-0.39, 0.29) is 12.5 Å². The Morgan fingerprint density at radius 1 is 1.39 bits per heavy atom. The number of carbonyl (C=O) groups excluding carboxylic acids is 1. The highest BCUT2D eigenvalue weighted by molar-refractivity contribution is 5.76. The van der Waals surface area contributed by atoms with Gasteiger partial charge in [-0.15, -0.1) is 6.58 Å². The molecule has 3 unspecified atom stereocenters. The van der Waals surface area contributed by atoms with Gasteiger partial charge in [-0.25, -0.2) is 0 Å². The summed E-state index contributed by atoms with van der Waals surface area (Å²) in [5, 5.41) is 9.87. The molecule has 0 aromatic rings. The molecule has 3 atom stereocenters. The number of hydrogen-bond donors (Lipinski definition) is 1. The lowest BCUT2D eigenvalue weighted by atomic mass is 9.96. The van der Waals surface area contributed by atoms with E-state index in [4.69, 9.17) is 9.47 Å². The Bertz CT molecular complexity index is 296. The van der Waals surface area contributed by atoms with Crippen LogP contribution in [-0.4, -0.2) is 30.6 Å². The molecule has 0 bridgehead atoms. The summed E-state index contributed by atoms with van der Waals surface area (Å²) in [5.41, 5.74) is 0.724. The third-order valence-electron chi connectivity index (χ3n) is 2.55. The summed E-state index contributed by atoms with van der Waals surface area (Å²) in [6.45, 7) is 11.5. The minimum Gasteiger partial charge on any atom is -0.465 e. The second-order valence-corrected chi connectivity index (χ2v) is 4.08. The van der Waals surface area contributed by atoms with Gasteiger partial charge in [0.1, 0.15) is 5.92 Å². The molecule has 0 spiro atoms. The molecule has 0 aromatic carbocycles. The van der Waals surface area contributed by atoms with E-state index >= 15 is 0 Å². The van der Waals surface area contributed by atoms with Gasteiger partial charge in [-0.2, -0.15) is 0 Å². The van der Waals surface area contributed by atoms with Crippen LogP contribution in [0.25, 0.3) is 0 Å². The molecule has 0 aliphatic heterocycles. The van der Waals surface area contributed by atoms with Gasteiger partial charge in [-0.1, -0.05) is 24.6 Å². The molecule has 0 aliphatic rings. The van der Waals surface area contributed by atoms with Gasteiger partial charge in [0.25, 0.3) is 0 Å². The van der Waals surface area contributed by atoms with E-state index in [0.29, 0.717) is 6.61 Å². The van der Waals surface area contributed by atoms with E-state index in [9.17, 15) is 9.90 Å². The number of aliphatic hydroxyl groups excluding tert-OH is 1. The Kier molecular flexibility index (Phi) is 8.33. The Morgan fingerprint density at radius 3 is 2.44 bits per heavy atom. The predicted octanol–water partition coefficient (Wildman–Crippen LogP) is 2.29. The summed E-state index contributed by atoms with van der Waals surface area (Å²) in [6.07, 6.45) is 2.46. The molecule has 0 heterocycles. The topological polar surface area (TPSA) is 55.8 Å². The minimum absolute atomic E-state index is 0.121. The zero-order chi connectivity index (χ0) is 14.1. The van der Waals surface area contributed by atoms with Gasteiger partial charge in [0, 0.05) is 6.61 Å². The molecular weight excluding hydrogens is 232 g/mol. The molecule has 0 rings (SSSR count). The smallest absolute Gasteiger partial charge is 0.318 e. The van der Waals surface area contributed by atoms with Crippen molar-refractivity contribution >= 4 is 5.97 Å². The standard InChI is InChI=1S/C14H24O4/c1-6-10(4)9-11(5)12(13(15)17-7-2)14(16)18-8-3/h6,9-10,12-13,15H,1,7-8H2,2-5H3/b11-9+. The molecule has 104 valence electrons. The molecule has 4 heteroatoms. The fraction of sp³-hybridized carbons (Fsp3) is 0.643. The highest BCUT2D eigenvalue weighted by Gasteiger charge is 2.30. The molecule has 0 fully saturated rings. The van der Waals surface area contributed by atoms with Crippen LogP contribution >= 0.6 is 0 Å². The van der Waals surface area contributed by atoms with Crippen molar-refractivity contribution in [3.05, 3.63) is 24.3 Å². The maximum absolute atomic E-state index is 11.8. The fourth-order valence-corrected chi connectivity index (χ4v) is 1.61. The first-order valence-electron chi connectivity index (χ1n) is 6.25. The molecule has 0 amide bonds. The maximum atomic E-state index is 11.8. The molecule has 4 nitrogen and oxygen atoms in total. The van der Waals surface area contributed by atoms with Crippen molar-refractivity contribution in [2.75, 3.05) is 13.2 Å². The summed E-state index contributed by atoms with van der Waals surface area (Å²) in [4.78, 5) is 11.8. The van der Waals surface area contributed by atoms with Gasteiger partial charge in [0.15, 0.2) is 6.29 Å². The molecule has 1 N–H and O–H groups in total. The summed E-state index contributed by atoms with van der Waals surface area (Å²) < 4.78 is 10.1. The Hall–Kier alpha value is -1.13. The third-order valence-corrected chi connectivity index (χ3v) is 2.55. The van der Waals surface area contributed by atoms with Crippen LogP contribution < -0.4 is 0 Å². The first kappa shape index (κ1) is 16.9. The van der Waals surface area contributed by atoms with E-state index in [1.165, 1.54) is 0 Å². The van der Waals surface area contributed by atoms with Crippen molar-refractivity contribution in [1.29, 1.82) is 0 Å². The monoisotopic (exact) mass is 256 g/mol. The van der Waals surface area contributed by atoms with E-state index in [1.807, 2.05) is 13.0 Å². The van der Waals surface area contributed by atoms with Gasteiger partial charge in [0.05, 0.1) is 6.61 Å². The van der Waals surface area contributed by atoms with Crippen LogP contribution in [0.4, 0.5) is 0 Å². The molecular formula is C14H24O4. The highest BCUT2D eigenvalue weighted by atomic mass is 16.6. The number of hydrogen-bond acceptors (Lipinski definition) is 4. The van der Waals surface area contributed by atoms with E-state index in [2.05, 4.69) is 6.58 Å². The minimum atomic E-state index is -1.18. The molecule has 0 saturated carbocycles. The Labute approximate surface area is 109 Å². The number of ether oxygens (including phenoxy) is 2. The zero-order valence-corrected chi connectivity index (χ0v) is 11.7. The van der Waals surface area contributed by atoms with Crippen molar-refractivity contribution in [2.24, 2.45) is 11.8 Å². The lowest BCUT2D eigenvalue weighted by molar-refractivity contribution is -0.169. The van der Waals surface area contributed by atoms with Crippen LogP contribution in [0.5, 0.6) is 0 Å². The largest absolute Gasteiger partial charge is 0.465 e. The van der Waals surface area contributed by atoms with Crippen LogP contribution in [0, 0.1) is 11.8 Å². The summed E-state index contributed by atoms with van der Waals surface area (Å²) in [6, 6.07) is 0. The average molecular weight is 256 g/mol. The van der Waals surface area contributed by atoms with Crippen molar-refractivity contribution in [1.82, 2.24) is 0 Å². The van der Waals surface area contributed by atoms with Crippen molar-refractivity contribution in [2.45, 2.75) is 34.0 Å². The lowest BCUT2D eigenvalue weighted by Gasteiger charge is -2.22. The van der Waals surface area contributed by atoms with Gasteiger partial charge in [-0.05, 0) is 26.7 Å². The zero-order valence-electron chi connectivity index (χ0n) is 11.7. The number of allylic oxidation sites excluding steroid dienone is 2. The first-order valence-corrected chi connectivity index (χ1v) is 6.25. The maximum Gasteiger partial charge on any atom is 0.318 e. The van der Waals surface area contributed by atoms with Gasteiger partial charge in [0.2, 0.25) is 0 Å². The van der Waals surface area contributed by atoms with Gasteiger partial charge in [-0.3, -0.25) is 4.79 Å². The SMILES string of the molecule is C=CC(C)/C=C(\C)C(C(=O)OCC)C(O)OCC. The first-order chi connectivity index (χ1) is 8.47. The Balaban J connectivity index is 5.01. The number of carbonyl (C=O) groups is 1.